The number of hydrogen-bond donors (Lipinski definition) is 5. The van der Waals surface area contributed by atoms with Crippen molar-refractivity contribution < 1.29 is 33.4 Å². The van der Waals surface area contributed by atoms with Crippen LogP contribution in [0, 0.1) is 5.92 Å². The standard InChI is InChI=1S/C38H44N8O7.C3H8/c1-22(2)34(45-38(50)52-4)36(48)46-15-7-8-29(46)35-41-20-28(44-35)24-11-13-31-26(17-24)18-25-16-23(10-12-30(25)53-31)27-19-40-32(43-27)9-5-6-14-39-33(47)21-42-37(49)51-3;1-3-2/h8,10-13,16-17,19-20,22,34H,5-7,9,14-15,18,21H2,1-4H3,(H,39,47)(H,40,43)(H,41,44)(H,42,49)(H,45,50);3H2,1-2H3. The first-order chi connectivity index (χ1) is 27.0. The average Bonchev–Trinajstić information content (AvgIpc) is 3.99. The number of fused-ring (bicyclic) bond motifs is 2. The number of imidazole rings is 2. The average molecular weight is 769 g/mol. The van der Waals surface area contributed by atoms with Gasteiger partial charge in [0.15, 0.2) is 5.82 Å². The number of nitrogens with one attached hydrogen (secondary N) is 5. The molecule has 0 aliphatic carbocycles. The van der Waals surface area contributed by atoms with E-state index in [4.69, 9.17) is 9.47 Å². The summed E-state index contributed by atoms with van der Waals surface area (Å²) < 4.78 is 15.5. The van der Waals surface area contributed by atoms with E-state index < -0.39 is 18.2 Å². The Labute approximate surface area is 327 Å². The first-order valence-electron chi connectivity index (χ1n) is 19.0. The maximum absolute atomic E-state index is 13.5. The molecular formula is C41H52N8O7. The number of aromatic amines is 2. The van der Waals surface area contributed by atoms with E-state index in [0.717, 1.165) is 70.2 Å². The molecule has 298 valence electrons. The smallest absolute Gasteiger partial charge is 0.407 e. The zero-order valence-electron chi connectivity index (χ0n) is 32.9. The number of benzene rings is 2. The quantitative estimate of drug-likeness (QED) is 0.0852. The van der Waals surface area contributed by atoms with Gasteiger partial charge in [0.05, 0.1) is 50.2 Å². The molecule has 1 unspecified atom stereocenters. The SMILES string of the molecule is CCC.COC(=O)NCC(=O)NCCCCc1ncc(-c2ccc3c(c2)Cc2cc(-c4cnc(C5=CCCN5C(=O)C(NC(=O)OC)C(C)C)[nH]4)ccc2O3)[nH]1. The second-order valence-corrected chi connectivity index (χ2v) is 13.9. The number of carbonyl (C=O) groups excluding carboxylic acids is 4. The number of aromatic nitrogens is 4. The van der Waals surface area contributed by atoms with E-state index in [1.54, 1.807) is 11.1 Å². The molecule has 0 spiro atoms. The van der Waals surface area contributed by atoms with Crippen LogP contribution in [0.15, 0.2) is 54.9 Å². The van der Waals surface area contributed by atoms with Crippen LogP contribution >= 0.6 is 0 Å². The normalized spacial score (nSPS) is 13.3. The molecule has 0 saturated carbocycles. The Bertz CT molecular complexity index is 2030. The van der Waals surface area contributed by atoms with Gasteiger partial charge < -0.3 is 45.0 Å². The molecule has 2 aliphatic rings. The number of unbranched alkanes of at least 4 members (excludes halogenated alkanes) is 1. The second kappa shape index (κ2) is 19.5. The van der Waals surface area contributed by atoms with Crippen LogP contribution in [0.25, 0.3) is 28.2 Å². The van der Waals surface area contributed by atoms with E-state index in [-0.39, 0.29) is 24.3 Å². The molecule has 4 aromatic rings. The van der Waals surface area contributed by atoms with Crippen molar-refractivity contribution in [2.24, 2.45) is 5.92 Å². The van der Waals surface area contributed by atoms with Crippen LogP contribution in [0.5, 0.6) is 11.5 Å². The molecule has 0 bridgehead atoms. The predicted molar refractivity (Wildman–Crippen MR) is 212 cm³/mol. The predicted octanol–water partition coefficient (Wildman–Crippen LogP) is 6.33. The third-order valence-corrected chi connectivity index (χ3v) is 9.17. The lowest BCUT2D eigenvalue weighted by Crippen LogP contribution is -2.50. The molecule has 0 fully saturated rings. The summed E-state index contributed by atoms with van der Waals surface area (Å²) in [5, 5.41) is 7.79. The van der Waals surface area contributed by atoms with E-state index in [0.29, 0.717) is 37.5 Å². The molecule has 56 heavy (non-hydrogen) atoms. The van der Waals surface area contributed by atoms with E-state index >= 15 is 0 Å². The number of rotatable bonds is 13. The van der Waals surface area contributed by atoms with Gasteiger partial charge in [-0.05, 0) is 72.7 Å². The third-order valence-electron chi connectivity index (χ3n) is 9.17. The van der Waals surface area contributed by atoms with Crippen molar-refractivity contribution in [2.75, 3.05) is 33.9 Å². The van der Waals surface area contributed by atoms with Crippen LogP contribution in [0.4, 0.5) is 9.59 Å². The Balaban J connectivity index is 0.00000194. The van der Waals surface area contributed by atoms with Crippen molar-refractivity contribution >= 4 is 29.7 Å². The van der Waals surface area contributed by atoms with Gasteiger partial charge >= 0.3 is 12.2 Å². The lowest BCUT2D eigenvalue weighted by Gasteiger charge is -2.27. The van der Waals surface area contributed by atoms with Gasteiger partial charge in [-0.25, -0.2) is 19.6 Å². The number of hydrogen-bond acceptors (Lipinski definition) is 9. The van der Waals surface area contributed by atoms with Crippen LogP contribution in [0.3, 0.4) is 0 Å². The van der Waals surface area contributed by atoms with Gasteiger partial charge in [-0.15, -0.1) is 0 Å². The summed E-state index contributed by atoms with van der Waals surface area (Å²) in [6.07, 6.45) is 9.20. The Kier molecular flexibility index (Phi) is 14.3. The molecule has 15 nitrogen and oxygen atoms in total. The van der Waals surface area contributed by atoms with Crippen molar-refractivity contribution in [1.29, 1.82) is 0 Å². The highest BCUT2D eigenvalue weighted by molar-refractivity contribution is 5.93. The molecule has 0 saturated heterocycles. The summed E-state index contributed by atoms with van der Waals surface area (Å²) in [7, 11) is 2.52. The van der Waals surface area contributed by atoms with Crippen LogP contribution in [-0.4, -0.2) is 88.7 Å². The lowest BCUT2D eigenvalue weighted by atomic mass is 9.96. The number of amides is 4. The van der Waals surface area contributed by atoms with Gasteiger partial charge in [0.25, 0.3) is 0 Å². The highest BCUT2D eigenvalue weighted by Gasteiger charge is 2.33. The number of ether oxygens (including phenoxy) is 3. The van der Waals surface area contributed by atoms with E-state index in [2.05, 4.69) is 66.6 Å². The maximum atomic E-state index is 13.5. The van der Waals surface area contributed by atoms with Crippen molar-refractivity contribution in [3.8, 4) is 34.0 Å². The zero-order valence-corrected chi connectivity index (χ0v) is 32.9. The molecule has 2 aromatic carbocycles. The van der Waals surface area contributed by atoms with Gasteiger partial charge in [-0.1, -0.05) is 40.2 Å². The van der Waals surface area contributed by atoms with Crippen LogP contribution < -0.4 is 20.7 Å². The molecule has 1 atom stereocenters. The molecule has 2 aliphatic heterocycles. The molecule has 5 N–H and O–H groups in total. The molecule has 15 heteroatoms. The number of nitrogens with zero attached hydrogens (tertiary/aromatic N) is 3. The van der Waals surface area contributed by atoms with E-state index in [1.165, 1.54) is 20.6 Å². The monoisotopic (exact) mass is 768 g/mol. The summed E-state index contributed by atoms with van der Waals surface area (Å²) in [5.74, 6) is 2.41. The first kappa shape index (κ1) is 41.1. The Morgan fingerprint density at radius 1 is 0.875 bits per heavy atom. The minimum Gasteiger partial charge on any atom is -0.457 e. The van der Waals surface area contributed by atoms with Crippen LogP contribution in [-0.2, 0) is 31.9 Å². The number of alkyl carbamates (subject to hydrolysis) is 2. The van der Waals surface area contributed by atoms with Gasteiger partial charge in [0, 0.05) is 37.1 Å². The van der Waals surface area contributed by atoms with Gasteiger partial charge in [0.2, 0.25) is 11.8 Å². The summed E-state index contributed by atoms with van der Waals surface area (Å²) in [5.41, 5.74) is 6.41. The molecular weight excluding hydrogens is 716 g/mol. The van der Waals surface area contributed by atoms with Gasteiger partial charge in [0.1, 0.15) is 23.4 Å². The summed E-state index contributed by atoms with van der Waals surface area (Å²) in [6.45, 7) is 8.88. The topological polar surface area (TPSA) is 193 Å². The highest BCUT2D eigenvalue weighted by Crippen LogP contribution is 2.40. The summed E-state index contributed by atoms with van der Waals surface area (Å²) >= 11 is 0. The number of aryl methyl sites for hydroxylation is 1. The second-order valence-electron chi connectivity index (χ2n) is 13.9. The molecule has 2 aromatic heterocycles. The van der Waals surface area contributed by atoms with Crippen molar-refractivity contribution in [2.45, 2.75) is 72.3 Å². The fourth-order valence-electron chi connectivity index (χ4n) is 6.34. The summed E-state index contributed by atoms with van der Waals surface area (Å²) in [6, 6.07) is 11.4. The largest absolute Gasteiger partial charge is 0.457 e. The van der Waals surface area contributed by atoms with Crippen molar-refractivity contribution in [3.05, 3.63) is 77.6 Å². The van der Waals surface area contributed by atoms with Gasteiger partial charge in [-0.3, -0.25) is 9.59 Å². The lowest BCUT2D eigenvalue weighted by molar-refractivity contribution is -0.130. The van der Waals surface area contributed by atoms with Crippen LogP contribution in [0.1, 0.15) is 76.2 Å². The number of carbonyl (C=O) groups is 4. The number of methoxy groups -OCH3 is 2. The number of H-pyrrole nitrogens is 2. The van der Waals surface area contributed by atoms with E-state index in [1.807, 2.05) is 50.4 Å². The van der Waals surface area contributed by atoms with Crippen LogP contribution in [0.2, 0.25) is 0 Å². The Morgan fingerprint density at radius 2 is 1.52 bits per heavy atom. The Morgan fingerprint density at radius 3 is 2.16 bits per heavy atom. The minimum absolute atomic E-state index is 0.125. The zero-order chi connectivity index (χ0) is 40.2. The Hall–Kier alpha value is -6.12. The van der Waals surface area contributed by atoms with Crippen molar-refractivity contribution in [1.82, 2.24) is 40.8 Å². The fraction of sp³-hybridized carbons (Fsp3) is 0.415. The molecule has 4 amide bonds. The molecule has 0 radical (unpaired) electrons. The van der Waals surface area contributed by atoms with E-state index in [9.17, 15) is 19.2 Å². The first-order valence-corrected chi connectivity index (χ1v) is 19.0. The maximum Gasteiger partial charge on any atom is 0.407 e. The molecule has 6 rings (SSSR count). The van der Waals surface area contributed by atoms with Crippen molar-refractivity contribution in [3.63, 3.8) is 0 Å². The molecule has 4 heterocycles. The minimum atomic E-state index is -0.735. The fourth-order valence-corrected chi connectivity index (χ4v) is 6.34. The summed E-state index contributed by atoms with van der Waals surface area (Å²) in [4.78, 5) is 66.0. The highest BCUT2D eigenvalue weighted by atomic mass is 16.5. The third kappa shape index (κ3) is 10.3. The van der Waals surface area contributed by atoms with Gasteiger partial charge in [-0.2, -0.15) is 0 Å².